The van der Waals surface area contributed by atoms with E-state index in [2.05, 4.69) is 16.0 Å². The second-order valence-corrected chi connectivity index (χ2v) is 9.73. The Balaban J connectivity index is 1.43. The van der Waals surface area contributed by atoms with E-state index >= 15 is 0 Å². The molecule has 9 nitrogen and oxygen atoms in total. The van der Waals surface area contributed by atoms with E-state index in [0.29, 0.717) is 43.9 Å². The van der Waals surface area contributed by atoms with E-state index in [-0.39, 0.29) is 17.1 Å². The molecule has 2 aliphatic rings. The molecule has 1 heterocycles. The molecule has 0 atom stereocenters. The average Bonchev–Trinajstić information content (AvgIpc) is 3.52. The molecule has 0 radical (unpaired) electrons. The second kappa shape index (κ2) is 8.91. The van der Waals surface area contributed by atoms with Crippen molar-refractivity contribution >= 4 is 39.1 Å². The lowest BCUT2D eigenvalue weighted by molar-refractivity contribution is -0.136. The quantitative estimate of drug-likeness (QED) is 0.588. The molecule has 1 saturated heterocycles. The van der Waals surface area contributed by atoms with Crippen LogP contribution in [-0.4, -0.2) is 55.3 Å². The zero-order valence-electron chi connectivity index (χ0n) is 16.3. The molecular formula is C19H26N4O5S. The highest BCUT2D eigenvalue weighted by atomic mass is 32.2. The van der Waals surface area contributed by atoms with Crippen molar-refractivity contribution in [3.05, 3.63) is 24.3 Å². The molecule has 1 aliphatic heterocycles. The lowest BCUT2D eigenvalue weighted by Crippen LogP contribution is -2.44. The van der Waals surface area contributed by atoms with E-state index in [1.54, 1.807) is 28.6 Å². The highest BCUT2D eigenvalue weighted by Gasteiger charge is 2.41. The van der Waals surface area contributed by atoms with Crippen molar-refractivity contribution < 1.29 is 22.8 Å². The van der Waals surface area contributed by atoms with E-state index < -0.39 is 21.8 Å². The summed E-state index contributed by atoms with van der Waals surface area (Å²) in [5.74, 6) is -1.63. The molecule has 3 N–H and O–H groups in total. The van der Waals surface area contributed by atoms with Crippen LogP contribution in [0.1, 0.15) is 32.6 Å². The molecule has 2 fully saturated rings. The number of amides is 3. The van der Waals surface area contributed by atoms with Crippen molar-refractivity contribution in [2.45, 2.75) is 37.9 Å². The van der Waals surface area contributed by atoms with Crippen LogP contribution in [0.4, 0.5) is 11.4 Å². The van der Waals surface area contributed by atoms with Crippen LogP contribution >= 0.6 is 0 Å². The highest BCUT2D eigenvalue weighted by Crippen LogP contribution is 2.33. The van der Waals surface area contributed by atoms with Gasteiger partial charge in [0.05, 0.1) is 5.25 Å². The van der Waals surface area contributed by atoms with Gasteiger partial charge in [-0.3, -0.25) is 14.4 Å². The van der Waals surface area contributed by atoms with Crippen molar-refractivity contribution in [3.8, 4) is 0 Å². The third kappa shape index (κ3) is 5.77. The topological polar surface area (TPSA) is 125 Å². The molecule has 29 heavy (non-hydrogen) atoms. The zero-order chi connectivity index (χ0) is 21.0. The Morgan fingerprint density at radius 3 is 2.21 bits per heavy atom. The minimum Gasteiger partial charge on any atom is -0.348 e. The fourth-order valence-corrected chi connectivity index (χ4v) is 5.20. The molecular weight excluding hydrogens is 396 g/mol. The molecule has 3 rings (SSSR count). The Morgan fingerprint density at radius 1 is 1.00 bits per heavy atom. The lowest BCUT2D eigenvalue weighted by atomic mass is 9.98. The number of sulfonamides is 1. The lowest BCUT2D eigenvalue weighted by Gasteiger charge is -2.31. The first-order chi connectivity index (χ1) is 13.8. The third-order valence-electron chi connectivity index (χ3n) is 5.08. The fourth-order valence-electron chi connectivity index (χ4n) is 3.33. The molecule has 158 valence electrons. The van der Waals surface area contributed by atoms with Crippen LogP contribution in [0.25, 0.3) is 0 Å². The van der Waals surface area contributed by atoms with Crippen molar-refractivity contribution in [3.63, 3.8) is 0 Å². The first-order valence-corrected chi connectivity index (χ1v) is 11.2. The van der Waals surface area contributed by atoms with Crippen LogP contribution in [-0.2, 0) is 24.4 Å². The van der Waals surface area contributed by atoms with Gasteiger partial charge in [-0.1, -0.05) is 6.07 Å². The Hall–Kier alpha value is -2.46. The number of nitrogens with one attached hydrogen (secondary N) is 3. The van der Waals surface area contributed by atoms with Crippen LogP contribution in [0.5, 0.6) is 0 Å². The van der Waals surface area contributed by atoms with Gasteiger partial charge in [-0.25, -0.2) is 12.7 Å². The Kier molecular flexibility index (Phi) is 6.53. The van der Waals surface area contributed by atoms with Gasteiger partial charge < -0.3 is 16.0 Å². The smallest absolute Gasteiger partial charge is 0.313 e. The van der Waals surface area contributed by atoms with Gasteiger partial charge in [-0.05, 0) is 49.8 Å². The molecule has 0 spiro atoms. The van der Waals surface area contributed by atoms with Crippen molar-refractivity contribution in [1.29, 1.82) is 0 Å². The first kappa shape index (κ1) is 21.3. The normalized spacial score (nSPS) is 18.1. The van der Waals surface area contributed by atoms with Crippen LogP contribution in [0.3, 0.4) is 0 Å². The van der Waals surface area contributed by atoms with Gasteiger partial charge in [-0.2, -0.15) is 0 Å². The fraction of sp³-hybridized carbons (Fsp3) is 0.526. The largest absolute Gasteiger partial charge is 0.348 e. The molecule has 1 aromatic carbocycles. The maximum Gasteiger partial charge on any atom is 0.313 e. The van der Waals surface area contributed by atoms with Crippen molar-refractivity contribution in [2.75, 3.05) is 30.3 Å². The molecule has 1 saturated carbocycles. The SMILES string of the molecule is CC(=O)Nc1cccc(NC(=O)C(=O)NCC2CCN(S(=O)(=O)C3CC3)CC2)c1. The minimum atomic E-state index is -3.15. The number of carbonyl (C=O) groups excluding carboxylic acids is 3. The number of hydrogen-bond donors (Lipinski definition) is 3. The highest BCUT2D eigenvalue weighted by molar-refractivity contribution is 7.90. The van der Waals surface area contributed by atoms with E-state index in [1.165, 1.54) is 6.92 Å². The Bertz CT molecular complexity index is 890. The van der Waals surface area contributed by atoms with E-state index in [1.807, 2.05) is 0 Å². The number of nitrogens with zero attached hydrogens (tertiary/aromatic N) is 1. The maximum absolute atomic E-state index is 12.2. The average molecular weight is 423 g/mol. The molecule has 1 aromatic rings. The third-order valence-corrected chi connectivity index (χ3v) is 7.48. The van der Waals surface area contributed by atoms with Crippen molar-refractivity contribution in [1.82, 2.24) is 9.62 Å². The van der Waals surface area contributed by atoms with E-state index in [0.717, 1.165) is 12.8 Å². The van der Waals surface area contributed by atoms with Crippen molar-refractivity contribution in [2.24, 2.45) is 5.92 Å². The summed E-state index contributed by atoms with van der Waals surface area (Å²) in [5.41, 5.74) is 0.915. The summed E-state index contributed by atoms with van der Waals surface area (Å²) >= 11 is 0. The number of hydrogen-bond acceptors (Lipinski definition) is 5. The number of rotatable bonds is 6. The minimum absolute atomic E-state index is 0.139. The summed E-state index contributed by atoms with van der Waals surface area (Å²) in [6, 6.07) is 6.50. The summed E-state index contributed by atoms with van der Waals surface area (Å²) in [6.07, 6.45) is 2.82. The monoisotopic (exact) mass is 422 g/mol. The number of carbonyl (C=O) groups is 3. The standard InChI is InChI=1S/C19H26N4O5S/c1-13(24)21-15-3-2-4-16(11-15)22-19(26)18(25)20-12-14-7-9-23(10-8-14)29(27,28)17-5-6-17/h2-4,11,14,17H,5-10,12H2,1H3,(H,20,25)(H,21,24)(H,22,26). The van der Waals surface area contributed by atoms with E-state index in [4.69, 9.17) is 0 Å². The molecule has 1 aliphatic carbocycles. The number of benzene rings is 1. The molecule has 3 amide bonds. The predicted molar refractivity (Wildman–Crippen MR) is 109 cm³/mol. The van der Waals surface area contributed by atoms with Gasteiger partial charge >= 0.3 is 11.8 Å². The molecule has 10 heteroatoms. The number of piperidine rings is 1. The zero-order valence-corrected chi connectivity index (χ0v) is 17.1. The predicted octanol–water partition coefficient (Wildman–Crippen LogP) is 0.904. The van der Waals surface area contributed by atoms with Crippen LogP contribution in [0.2, 0.25) is 0 Å². The summed E-state index contributed by atoms with van der Waals surface area (Å²) in [4.78, 5) is 35.3. The Labute approximate surface area is 170 Å². The number of anilines is 2. The summed E-state index contributed by atoms with van der Waals surface area (Å²) in [5, 5.41) is 7.52. The van der Waals surface area contributed by atoms with Gasteiger partial charge in [0.2, 0.25) is 15.9 Å². The Morgan fingerprint density at radius 2 is 1.62 bits per heavy atom. The van der Waals surface area contributed by atoms with Crippen LogP contribution < -0.4 is 16.0 Å². The first-order valence-electron chi connectivity index (χ1n) is 9.71. The van der Waals surface area contributed by atoms with Crippen LogP contribution in [0.15, 0.2) is 24.3 Å². The second-order valence-electron chi connectivity index (χ2n) is 7.51. The molecule has 0 aromatic heterocycles. The van der Waals surface area contributed by atoms with Gasteiger partial charge in [0.15, 0.2) is 0 Å². The summed E-state index contributed by atoms with van der Waals surface area (Å²) < 4.78 is 26.0. The van der Waals surface area contributed by atoms with E-state index in [9.17, 15) is 22.8 Å². The van der Waals surface area contributed by atoms with Gasteiger partial charge in [0.25, 0.3) is 0 Å². The van der Waals surface area contributed by atoms with Gasteiger partial charge in [0.1, 0.15) is 0 Å². The maximum atomic E-state index is 12.2. The molecule has 0 bridgehead atoms. The summed E-state index contributed by atoms with van der Waals surface area (Å²) in [7, 11) is -3.15. The van der Waals surface area contributed by atoms with Gasteiger partial charge in [-0.15, -0.1) is 0 Å². The molecule has 0 unspecified atom stereocenters. The van der Waals surface area contributed by atoms with Gasteiger partial charge in [0, 0.05) is 37.9 Å². The van der Waals surface area contributed by atoms with Crippen LogP contribution in [0, 0.1) is 5.92 Å². The summed E-state index contributed by atoms with van der Waals surface area (Å²) in [6.45, 7) is 2.63.